The molecule has 11 nitrogen and oxygen atoms in total. The van der Waals surface area contributed by atoms with Gasteiger partial charge in [-0.2, -0.15) is 0 Å². The van der Waals surface area contributed by atoms with Gasteiger partial charge in [-0.05, 0) is 81.2 Å². The molecule has 0 bridgehead atoms. The number of carbonyl (C=O) groups excluding carboxylic acids is 4. The number of Topliss-reactive ketones (excluding diaryl/α,β-unsaturated/α-hetero) is 1. The highest BCUT2D eigenvalue weighted by Crippen LogP contribution is 2.46. The second-order valence-electron chi connectivity index (χ2n) is 14.3. The van der Waals surface area contributed by atoms with Gasteiger partial charge < -0.3 is 25.6 Å². The molecule has 1 saturated heterocycles. The van der Waals surface area contributed by atoms with Gasteiger partial charge in [0.1, 0.15) is 29.4 Å². The number of urea groups is 1. The van der Waals surface area contributed by atoms with Crippen LogP contribution in [0.1, 0.15) is 88.1 Å². The van der Waals surface area contributed by atoms with Gasteiger partial charge in [-0.3, -0.25) is 14.4 Å². The number of nitrogens with zero attached hydrogens (tertiary/aromatic N) is 3. The lowest BCUT2D eigenvalue weighted by Crippen LogP contribution is -2.57. The van der Waals surface area contributed by atoms with Crippen LogP contribution in [-0.2, 0) is 14.4 Å². The summed E-state index contributed by atoms with van der Waals surface area (Å²) in [7, 11) is 0. The predicted octanol–water partition coefficient (Wildman–Crippen LogP) is 5.80. The summed E-state index contributed by atoms with van der Waals surface area (Å²) < 4.78 is 6.56. The molecule has 0 radical (unpaired) electrons. The van der Waals surface area contributed by atoms with E-state index in [4.69, 9.17) is 14.7 Å². The van der Waals surface area contributed by atoms with Crippen LogP contribution in [0.5, 0.6) is 5.88 Å². The fourth-order valence-electron chi connectivity index (χ4n) is 7.69. The summed E-state index contributed by atoms with van der Waals surface area (Å²) in [4.78, 5) is 67.1. The van der Waals surface area contributed by atoms with Crippen molar-refractivity contribution in [3.8, 4) is 5.88 Å². The van der Waals surface area contributed by atoms with E-state index in [-0.39, 0.29) is 42.6 Å². The van der Waals surface area contributed by atoms with Gasteiger partial charge in [0.15, 0.2) is 5.78 Å². The van der Waals surface area contributed by atoms with E-state index in [0.29, 0.717) is 29.9 Å². The van der Waals surface area contributed by atoms with Crippen LogP contribution in [0.2, 0.25) is 0 Å². The second-order valence-corrected chi connectivity index (χ2v) is 15.3. The van der Waals surface area contributed by atoms with Crippen LogP contribution in [0.25, 0.3) is 23.2 Å². The smallest absolute Gasteiger partial charge is 0.315 e. The van der Waals surface area contributed by atoms with E-state index in [0.717, 1.165) is 61.8 Å². The SMILES string of the molecule is CC(=O)[C@@]12C[C@@H]1/C=C\CCCCC[C@H](NC(=O)NC1CCCC1)C(=O)N1CC(Oc3nc4ccccc4nc3/C=C\c3cccs3)C[C@H]1C(=O)N2. The molecule has 4 aliphatic rings. The number of para-hydroxylation sites is 2. The topological polar surface area (TPSA) is 143 Å². The van der Waals surface area contributed by atoms with Crippen molar-refractivity contribution in [2.24, 2.45) is 5.92 Å². The molecule has 3 N–H and O–H groups in total. The third-order valence-electron chi connectivity index (χ3n) is 10.7. The van der Waals surface area contributed by atoms with Gasteiger partial charge in [0.05, 0.1) is 17.6 Å². The van der Waals surface area contributed by atoms with Gasteiger partial charge in [-0.1, -0.05) is 56.0 Å². The number of amides is 4. The molecule has 7 rings (SSSR count). The molecular weight excluding hydrogens is 665 g/mol. The molecular formula is C39H46N6O5S. The Morgan fingerprint density at radius 3 is 2.53 bits per heavy atom. The molecule has 268 valence electrons. The number of fused-ring (bicyclic) bond motifs is 3. The van der Waals surface area contributed by atoms with Crippen LogP contribution >= 0.6 is 11.3 Å². The Balaban J connectivity index is 1.18. The molecule has 3 fully saturated rings. The van der Waals surface area contributed by atoms with Crippen molar-refractivity contribution in [2.45, 2.75) is 107 Å². The third-order valence-corrected chi connectivity index (χ3v) is 11.5. The van der Waals surface area contributed by atoms with Gasteiger partial charge in [-0.25, -0.2) is 14.8 Å². The fourth-order valence-corrected chi connectivity index (χ4v) is 8.31. The quantitative estimate of drug-likeness (QED) is 0.263. The number of thiophene rings is 1. The molecule has 2 aliphatic heterocycles. The summed E-state index contributed by atoms with van der Waals surface area (Å²) in [6.45, 7) is 1.62. The molecule has 12 heteroatoms. The van der Waals surface area contributed by atoms with Crippen molar-refractivity contribution in [1.82, 2.24) is 30.8 Å². The van der Waals surface area contributed by atoms with E-state index in [1.165, 1.54) is 11.8 Å². The average Bonchev–Trinajstić information content (AvgIpc) is 3.60. The van der Waals surface area contributed by atoms with E-state index < -0.39 is 29.6 Å². The number of carbonyl (C=O) groups is 4. The Hall–Kier alpha value is -4.58. The number of hydrogen-bond donors (Lipinski definition) is 3. The Labute approximate surface area is 302 Å². The average molecular weight is 711 g/mol. The normalized spacial score (nSPS) is 28.0. The van der Waals surface area contributed by atoms with Crippen LogP contribution in [0, 0.1) is 5.92 Å². The van der Waals surface area contributed by atoms with E-state index in [9.17, 15) is 19.2 Å². The molecule has 1 unspecified atom stereocenters. The number of ether oxygens (including phenoxy) is 1. The maximum absolute atomic E-state index is 14.5. The molecule has 51 heavy (non-hydrogen) atoms. The van der Waals surface area contributed by atoms with E-state index in [1.807, 2.05) is 60.0 Å². The zero-order valence-corrected chi connectivity index (χ0v) is 29.8. The Kier molecular flexibility index (Phi) is 10.5. The molecule has 2 saturated carbocycles. The van der Waals surface area contributed by atoms with Crippen LogP contribution in [0.15, 0.2) is 53.9 Å². The van der Waals surface area contributed by atoms with E-state index >= 15 is 0 Å². The predicted molar refractivity (Wildman–Crippen MR) is 197 cm³/mol. The van der Waals surface area contributed by atoms with Gasteiger partial charge in [-0.15, -0.1) is 11.3 Å². The molecule has 3 aromatic rings. The number of nitrogens with one attached hydrogen (secondary N) is 3. The minimum Gasteiger partial charge on any atom is -0.471 e. The maximum Gasteiger partial charge on any atom is 0.315 e. The Bertz CT molecular complexity index is 1820. The largest absolute Gasteiger partial charge is 0.471 e. The maximum atomic E-state index is 14.5. The first-order chi connectivity index (χ1) is 24.8. The van der Waals surface area contributed by atoms with Crippen molar-refractivity contribution >= 4 is 58.2 Å². The van der Waals surface area contributed by atoms with Crippen LogP contribution in [-0.4, -0.2) is 74.8 Å². The lowest BCUT2D eigenvalue weighted by atomic mass is 10.0. The van der Waals surface area contributed by atoms with Gasteiger partial charge in [0.2, 0.25) is 17.7 Å². The highest BCUT2D eigenvalue weighted by atomic mass is 32.1. The fraction of sp³-hybridized carbons (Fsp3) is 0.487. The highest BCUT2D eigenvalue weighted by Gasteiger charge is 2.59. The number of aromatic nitrogens is 2. The zero-order valence-electron chi connectivity index (χ0n) is 29.0. The highest BCUT2D eigenvalue weighted by molar-refractivity contribution is 7.10. The second kappa shape index (κ2) is 15.3. The molecule has 4 heterocycles. The summed E-state index contributed by atoms with van der Waals surface area (Å²) in [6, 6.07) is 9.55. The number of ketones is 1. The van der Waals surface area contributed by atoms with Crippen molar-refractivity contribution in [3.63, 3.8) is 0 Å². The summed E-state index contributed by atoms with van der Waals surface area (Å²) in [6.07, 6.45) is 15.9. The van der Waals surface area contributed by atoms with Crippen LogP contribution < -0.4 is 20.7 Å². The first kappa shape index (κ1) is 34.9. The molecule has 2 aliphatic carbocycles. The van der Waals surface area contributed by atoms with Crippen LogP contribution in [0.3, 0.4) is 0 Å². The van der Waals surface area contributed by atoms with Gasteiger partial charge in [0.25, 0.3) is 0 Å². The van der Waals surface area contributed by atoms with Crippen molar-refractivity contribution < 1.29 is 23.9 Å². The van der Waals surface area contributed by atoms with Crippen molar-refractivity contribution in [3.05, 3.63) is 64.5 Å². The summed E-state index contributed by atoms with van der Waals surface area (Å²) >= 11 is 1.60. The molecule has 2 aromatic heterocycles. The van der Waals surface area contributed by atoms with E-state index in [2.05, 4.69) is 22.0 Å². The molecule has 0 spiro atoms. The summed E-state index contributed by atoms with van der Waals surface area (Å²) in [5.41, 5.74) is 0.936. The standard InChI is InChI=1S/C39H46N6O5S/c1-25(46)39-23-26(39)12-5-3-2-4-6-18-33(43-38(49)40-27-13-7-8-14-27)37(48)45-24-28(22-34(45)35(47)44-39)50-36-32(20-19-29-15-11-21-51-29)41-30-16-9-10-17-31(30)42-36/h5,9-12,15-17,19-21,26-28,33-34H,2-4,6-8,13-14,18,22-24H2,1H3,(H,44,47)(H2,40,43,49)/b12-5-,20-19-/t26-,28?,33-,34-,39-/m0/s1. The number of allylic oxidation sites excluding steroid dienone is 1. The first-order valence-electron chi connectivity index (χ1n) is 18.3. The molecule has 5 atom stereocenters. The number of hydrogen-bond acceptors (Lipinski definition) is 8. The molecule has 1 aromatic carbocycles. The number of rotatable bonds is 7. The van der Waals surface area contributed by atoms with Gasteiger partial charge in [0, 0.05) is 23.3 Å². The Morgan fingerprint density at radius 2 is 1.76 bits per heavy atom. The number of benzene rings is 1. The summed E-state index contributed by atoms with van der Waals surface area (Å²) in [5.74, 6) is -0.606. The lowest BCUT2D eigenvalue weighted by Gasteiger charge is -2.30. The molecule has 4 amide bonds. The zero-order chi connectivity index (χ0) is 35.4. The monoisotopic (exact) mass is 710 g/mol. The third kappa shape index (κ3) is 8.01. The minimum atomic E-state index is -0.982. The van der Waals surface area contributed by atoms with Crippen molar-refractivity contribution in [1.29, 1.82) is 0 Å². The summed E-state index contributed by atoms with van der Waals surface area (Å²) in [5, 5.41) is 11.1. The van der Waals surface area contributed by atoms with Gasteiger partial charge >= 0.3 is 6.03 Å². The first-order valence-corrected chi connectivity index (χ1v) is 19.2. The van der Waals surface area contributed by atoms with Crippen LogP contribution in [0.4, 0.5) is 4.79 Å². The minimum absolute atomic E-state index is 0.0825. The lowest BCUT2D eigenvalue weighted by molar-refractivity contribution is -0.141. The Morgan fingerprint density at radius 1 is 0.980 bits per heavy atom. The van der Waals surface area contributed by atoms with E-state index in [1.54, 1.807) is 11.3 Å². The van der Waals surface area contributed by atoms with Crippen molar-refractivity contribution in [2.75, 3.05) is 6.54 Å².